The summed E-state index contributed by atoms with van der Waals surface area (Å²) < 4.78 is 27.0. The molecule has 0 radical (unpaired) electrons. The van der Waals surface area contributed by atoms with Gasteiger partial charge in [-0.25, -0.2) is 17.9 Å². The Morgan fingerprint density at radius 1 is 1.38 bits per heavy atom. The van der Waals surface area contributed by atoms with E-state index in [9.17, 15) is 13.2 Å². The van der Waals surface area contributed by atoms with Gasteiger partial charge in [0.2, 0.25) is 10.0 Å². The van der Waals surface area contributed by atoms with Gasteiger partial charge in [0.05, 0.1) is 0 Å². The summed E-state index contributed by atoms with van der Waals surface area (Å²) in [5.41, 5.74) is 0.466. The van der Waals surface area contributed by atoms with Crippen LogP contribution in [0.3, 0.4) is 0 Å². The summed E-state index contributed by atoms with van der Waals surface area (Å²) in [4.78, 5) is 13.0. The lowest BCUT2D eigenvalue weighted by molar-refractivity contribution is 0.0698. The van der Waals surface area contributed by atoms with Crippen LogP contribution in [0.2, 0.25) is 0 Å². The van der Waals surface area contributed by atoms with E-state index < -0.39 is 16.0 Å². The summed E-state index contributed by atoms with van der Waals surface area (Å²) >= 11 is 0.936. The van der Waals surface area contributed by atoms with Gasteiger partial charge in [0.25, 0.3) is 0 Å². The van der Waals surface area contributed by atoms with Gasteiger partial charge in [-0.05, 0) is 43.9 Å². The third-order valence-corrected chi connectivity index (χ3v) is 6.08. The fourth-order valence-electron chi connectivity index (χ4n) is 2.04. The number of carbonyl (C=O) groups is 1. The van der Waals surface area contributed by atoms with E-state index in [4.69, 9.17) is 5.11 Å². The molecule has 1 rings (SSSR count). The third-order valence-electron chi connectivity index (χ3n) is 3.22. The monoisotopic (exact) mass is 334 g/mol. The van der Waals surface area contributed by atoms with Gasteiger partial charge in [-0.2, -0.15) is 0 Å². The Morgan fingerprint density at radius 3 is 2.52 bits per heavy atom. The van der Waals surface area contributed by atoms with E-state index in [1.807, 2.05) is 0 Å². The minimum atomic E-state index is -3.77. The van der Waals surface area contributed by atoms with Crippen LogP contribution in [0.15, 0.2) is 10.3 Å². The summed E-state index contributed by atoms with van der Waals surface area (Å²) in [6, 6.07) is 0. The lowest BCUT2D eigenvalue weighted by Crippen LogP contribution is -2.30. The number of rotatable bonds is 9. The van der Waals surface area contributed by atoms with E-state index in [2.05, 4.69) is 23.5 Å². The number of nitrogens with zero attached hydrogens (tertiary/aromatic N) is 1. The van der Waals surface area contributed by atoms with Crippen molar-refractivity contribution in [3.63, 3.8) is 0 Å². The first-order valence-electron chi connectivity index (χ1n) is 6.86. The molecule has 0 aromatic carbocycles. The maximum atomic E-state index is 12.2. The summed E-state index contributed by atoms with van der Waals surface area (Å²) in [7, 11) is -3.77. The number of aryl methyl sites for hydroxylation is 1. The van der Waals surface area contributed by atoms with Crippen LogP contribution in [0.25, 0.3) is 0 Å². The minimum absolute atomic E-state index is 0.108. The zero-order chi connectivity index (χ0) is 16.0. The first-order valence-corrected chi connectivity index (χ1v) is 9.23. The number of aromatic carboxylic acids is 1. The Balaban J connectivity index is 2.71. The zero-order valence-electron chi connectivity index (χ0n) is 12.5. The standard InChI is InChI=1S/C13H22N2O4S2/c1-4-15(5-2)8-6-7-14-21(18,19)12-10(3)9-20-11(12)13(16)17/h9,14H,4-8H2,1-3H3,(H,16,17). The Labute approximate surface area is 129 Å². The van der Waals surface area contributed by atoms with Gasteiger partial charge in [-0.15, -0.1) is 11.3 Å². The number of carboxylic acids is 1. The molecule has 0 fully saturated rings. The van der Waals surface area contributed by atoms with Crippen LogP contribution in [-0.2, 0) is 10.0 Å². The quantitative estimate of drug-likeness (QED) is 0.672. The van der Waals surface area contributed by atoms with Gasteiger partial charge in [-0.3, -0.25) is 0 Å². The average Bonchev–Trinajstić information content (AvgIpc) is 2.82. The van der Waals surface area contributed by atoms with Crippen LogP contribution in [-0.4, -0.2) is 50.6 Å². The number of nitrogens with one attached hydrogen (secondary N) is 1. The van der Waals surface area contributed by atoms with Gasteiger partial charge >= 0.3 is 5.97 Å². The predicted octanol–water partition coefficient (Wildman–Crippen LogP) is 1.76. The Morgan fingerprint density at radius 2 is 2.00 bits per heavy atom. The molecule has 0 unspecified atom stereocenters. The highest BCUT2D eigenvalue weighted by Crippen LogP contribution is 2.26. The van der Waals surface area contributed by atoms with Gasteiger partial charge in [-0.1, -0.05) is 13.8 Å². The van der Waals surface area contributed by atoms with Crippen LogP contribution in [0.4, 0.5) is 0 Å². The van der Waals surface area contributed by atoms with Gasteiger partial charge in [0.15, 0.2) is 0 Å². The van der Waals surface area contributed by atoms with E-state index in [-0.39, 0.29) is 9.77 Å². The molecule has 0 bridgehead atoms. The van der Waals surface area contributed by atoms with Gasteiger partial charge < -0.3 is 10.0 Å². The summed E-state index contributed by atoms with van der Waals surface area (Å²) in [5.74, 6) is -1.21. The number of sulfonamides is 1. The molecule has 0 aliphatic carbocycles. The van der Waals surface area contributed by atoms with Crippen molar-refractivity contribution < 1.29 is 18.3 Å². The number of carboxylic acid groups (broad SMARTS) is 1. The zero-order valence-corrected chi connectivity index (χ0v) is 14.2. The largest absolute Gasteiger partial charge is 0.477 e. The second-order valence-electron chi connectivity index (χ2n) is 4.66. The second-order valence-corrected chi connectivity index (χ2v) is 7.24. The van der Waals surface area contributed by atoms with Crippen LogP contribution in [0.5, 0.6) is 0 Å². The molecule has 8 heteroatoms. The average molecular weight is 334 g/mol. The molecule has 21 heavy (non-hydrogen) atoms. The Kier molecular flexibility index (Phi) is 6.79. The molecule has 0 spiro atoms. The fourth-order valence-corrected chi connectivity index (χ4v) is 4.74. The van der Waals surface area contributed by atoms with Gasteiger partial charge in [0, 0.05) is 6.54 Å². The molecule has 1 aromatic rings. The van der Waals surface area contributed by atoms with E-state index in [1.165, 1.54) is 0 Å². The second kappa shape index (κ2) is 7.88. The van der Waals surface area contributed by atoms with Crippen molar-refractivity contribution in [1.82, 2.24) is 9.62 Å². The van der Waals surface area contributed by atoms with Gasteiger partial charge in [0.1, 0.15) is 9.77 Å². The predicted molar refractivity (Wildman–Crippen MR) is 83.6 cm³/mol. The van der Waals surface area contributed by atoms with Crippen molar-refractivity contribution in [3.8, 4) is 0 Å². The molecule has 0 amide bonds. The summed E-state index contributed by atoms with van der Waals surface area (Å²) in [6.07, 6.45) is 0.687. The van der Waals surface area contributed by atoms with Crippen molar-refractivity contribution in [3.05, 3.63) is 15.8 Å². The van der Waals surface area contributed by atoms with Crippen LogP contribution in [0.1, 0.15) is 35.5 Å². The molecular formula is C13H22N2O4S2. The molecule has 0 aliphatic rings. The van der Waals surface area contributed by atoms with Crippen LogP contribution < -0.4 is 4.72 Å². The minimum Gasteiger partial charge on any atom is -0.477 e. The smallest absolute Gasteiger partial charge is 0.347 e. The summed E-state index contributed by atoms with van der Waals surface area (Å²) in [5, 5.41) is 10.6. The van der Waals surface area contributed by atoms with Crippen LogP contribution in [0, 0.1) is 6.92 Å². The lowest BCUT2D eigenvalue weighted by atomic mass is 10.3. The molecular weight excluding hydrogens is 312 g/mol. The van der Waals surface area contributed by atoms with E-state index in [1.54, 1.807) is 12.3 Å². The van der Waals surface area contributed by atoms with E-state index in [0.29, 0.717) is 18.5 Å². The molecule has 0 aliphatic heterocycles. The van der Waals surface area contributed by atoms with Crippen LogP contribution >= 0.6 is 11.3 Å². The summed E-state index contributed by atoms with van der Waals surface area (Å²) in [6.45, 7) is 8.68. The first kappa shape index (κ1) is 18.1. The van der Waals surface area contributed by atoms with Crippen molar-refractivity contribution in [2.75, 3.05) is 26.2 Å². The number of hydrogen-bond acceptors (Lipinski definition) is 5. The molecule has 0 atom stereocenters. The Hall–Kier alpha value is -0.960. The molecule has 2 N–H and O–H groups in total. The van der Waals surface area contributed by atoms with Crippen molar-refractivity contribution in [2.24, 2.45) is 0 Å². The molecule has 1 heterocycles. The highest BCUT2D eigenvalue weighted by molar-refractivity contribution is 7.89. The number of hydrogen-bond donors (Lipinski definition) is 2. The molecule has 1 aromatic heterocycles. The maximum absolute atomic E-state index is 12.2. The van der Waals surface area contributed by atoms with E-state index in [0.717, 1.165) is 31.0 Å². The highest BCUT2D eigenvalue weighted by Gasteiger charge is 2.26. The fraction of sp³-hybridized carbons (Fsp3) is 0.615. The van der Waals surface area contributed by atoms with Crippen molar-refractivity contribution in [2.45, 2.75) is 32.1 Å². The van der Waals surface area contributed by atoms with Crippen molar-refractivity contribution in [1.29, 1.82) is 0 Å². The first-order chi connectivity index (χ1) is 9.83. The topological polar surface area (TPSA) is 86.7 Å². The lowest BCUT2D eigenvalue weighted by Gasteiger charge is -2.17. The Bertz CT molecular complexity index is 577. The maximum Gasteiger partial charge on any atom is 0.347 e. The van der Waals surface area contributed by atoms with Crippen molar-refractivity contribution >= 4 is 27.3 Å². The molecule has 6 nitrogen and oxygen atoms in total. The number of thiophene rings is 1. The third kappa shape index (κ3) is 4.77. The molecule has 120 valence electrons. The normalized spacial score (nSPS) is 12.0. The highest BCUT2D eigenvalue weighted by atomic mass is 32.2. The molecule has 0 saturated heterocycles. The molecule has 0 saturated carbocycles. The van der Waals surface area contributed by atoms with E-state index >= 15 is 0 Å². The SMILES string of the molecule is CCN(CC)CCCNS(=O)(=O)c1c(C)csc1C(=O)O.